The van der Waals surface area contributed by atoms with Crippen molar-refractivity contribution in [3.05, 3.63) is 84.1 Å². The first-order valence-corrected chi connectivity index (χ1v) is 11.6. The van der Waals surface area contributed by atoms with Crippen LogP contribution >= 0.6 is 0 Å². The molecule has 1 aliphatic rings. The third kappa shape index (κ3) is 2.13. The van der Waals surface area contributed by atoms with Crippen molar-refractivity contribution in [1.29, 1.82) is 0 Å². The van der Waals surface area contributed by atoms with Crippen molar-refractivity contribution < 1.29 is 0 Å². The topological polar surface area (TPSA) is 17.3 Å². The maximum Gasteiger partial charge on any atom is 0.146 e. The van der Waals surface area contributed by atoms with Crippen LogP contribution in [0, 0.1) is 5.41 Å². The lowest BCUT2D eigenvalue weighted by atomic mass is 9.52. The highest BCUT2D eigenvalue weighted by Gasteiger charge is 2.54. The molecule has 2 heteroatoms. The second-order valence-electron chi connectivity index (χ2n) is 11.0. The zero-order valence-corrected chi connectivity index (χ0v) is 19.8. The molecule has 0 saturated heterocycles. The Labute approximate surface area is 189 Å². The predicted molar refractivity (Wildman–Crippen MR) is 135 cm³/mol. The van der Waals surface area contributed by atoms with Crippen LogP contribution in [-0.4, -0.2) is 9.38 Å². The molecule has 0 N–H and O–H groups in total. The van der Waals surface area contributed by atoms with Crippen molar-refractivity contribution in [2.24, 2.45) is 5.41 Å². The van der Waals surface area contributed by atoms with Gasteiger partial charge in [0.05, 0.1) is 16.9 Å². The van der Waals surface area contributed by atoms with E-state index in [9.17, 15) is 0 Å². The first kappa shape index (κ1) is 19.5. The van der Waals surface area contributed by atoms with Crippen LogP contribution in [0.2, 0.25) is 0 Å². The average Bonchev–Trinajstić information content (AvgIpc) is 3.19. The summed E-state index contributed by atoms with van der Waals surface area (Å²) in [6, 6.07) is 26.3. The number of benzene rings is 3. The van der Waals surface area contributed by atoms with E-state index in [-0.39, 0.29) is 16.2 Å². The Morgan fingerprint density at radius 1 is 0.625 bits per heavy atom. The average molecular weight is 419 g/mol. The van der Waals surface area contributed by atoms with E-state index in [1.807, 2.05) is 0 Å². The summed E-state index contributed by atoms with van der Waals surface area (Å²) in [5.41, 5.74) is 7.19. The van der Waals surface area contributed by atoms with E-state index in [4.69, 9.17) is 4.98 Å². The number of fused-ring (bicyclic) bond motifs is 3. The van der Waals surface area contributed by atoms with Crippen LogP contribution in [-0.2, 0) is 10.8 Å². The van der Waals surface area contributed by atoms with Crippen molar-refractivity contribution in [3.8, 4) is 11.3 Å². The SMILES string of the molecule is CC1(C)c2cccc3c4ccccc4c4nc(-c5ccccc5)c(n4c23)C(C)(C)C1(C)C. The largest absolute Gasteiger partial charge is 0.295 e. The second-order valence-corrected chi connectivity index (χ2v) is 11.0. The number of rotatable bonds is 1. The summed E-state index contributed by atoms with van der Waals surface area (Å²) in [6.07, 6.45) is 0. The lowest BCUT2D eigenvalue weighted by molar-refractivity contribution is 0.0928. The normalized spacial score (nSPS) is 18.4. The number of nitrogens with zero attached hydrogens (tertiary/aromatic N) is 2. The van der Waals surface area contributed by atoms with Gasteiger partial charge in [0.2, 0.25) is 0 Å². The van der Waals surface area contributed by atoms with Crippen LogP contribution in [0.3, 0.4) is 0 Å². The van der Waals surface area contributed by atoms with Crippen LogP contribution in [0.25, 0.3) is 38.6 Å². The molecule has 160 valence electrons. The summed E-state index contributed by atoms with van der Waals surface area (Å²) < 4.78 is 2.51. The maximum absolute atomic E-state index is 5.38. The highest BCUT2D eigenvalue weighted by molar-refractivity contribution is 6.13. The highest BCUT2D eigenvalue weighted by atomic mass is 15.1. The molecule has 0 fully saturated rings. The lowest BCUT2D eigenvalue weighted by Crippen LogP contribution is -2.49. The summed E-state index contributed by atoms with van der Waals surface area (Å²) in [5, 5.41) is 3.81. The quantitative estimate of drug-likeness (QED) is 0.253. The van der Waals surface area contributed by atoms with Gasteiger partial charge in [0.1, 0.15) is 5.65 Å². The highest BCUT2D eigenvalue weighted by Crippen LogP contribution is 2.58. The summed E-state index contributed by atoms with van der Waals surface area (Å²) in [6.45, 7) is 14.5. The third-order valence-electron chi connectivity index (χ3n) is 9.03. The summed E-state index contributed by atoms with van der Waals surface area (Å²) in [4.78, 5) is 5.38. The Hall–Kier alpha value is -3.13. The fourth-order valence-corrected chi connectivity index (χ4v) is 6.02. The van der Waals surface area contributed by atoms with Gasteiger partial charge in [-0.2, -0.15) is 0 Å². The summed E-state index contributed by atoms with van der Waals surface area (Å²) >= 11 is 0. The molecule has 0 bridgehead atoms. The maximum atomic E-state index is 5.38. The van der Waals surface area contributed by atoms with E-state index >= 15 is 0 Å². The molecule has 32 heavy (non-hydrogen) atoms. The monoisotopic (exact) mass is 418 g/mol. The number of aromatic nitrogens is 2. The van der Waals surface area contributed by atoms with Gasteiger partial charge in [-0.15, -0.1) is 0 Å². The fraction of sp³-hybridized carbons (Fsp3) is 0.300. The van der Waals surface area contributed by atoms with Gasteiger partial charge in [0, 0.05) is 21.8 Å². The van der Waals surface area contributed by atoms with Gasteiger partial charge >= 0.3 is 0 Å². The molecular formula is C30H30N2. The van der Waals surface area contributed by atoms with Crippen molar-refractivity contribution in [2.45, 2.75) is 52.4 Å². The first-order chi connectivity index (χ1) is 15.2. The minimum atomic E-state index is -0.129. The Morgan fingerprint density at radius 3 is 1.97 bits per heavy atom. The molecule has 0 radical (unpaired) electrons. The van der Waals surface area contributed by atoms with Crippen LogP contribution in [0.4, 0.5) is 0 Å². The minimum Gasteiger partial charge on any atom is -0.295 e. The summed E-state index contributed by atoms with van der Waals surface area (Å²) in [7, 11) is 0. The molecule has 1 aliphatic heterocycles. The summed E-state index contributed by atoms with van der Waals surface area (Å²) in [5.74, 6) is 0. The Kier molecular flexibility index (Phi) is 3.67. The van der Waals surface area contributed by atoms with Crippen molar-refractivity contribution in [1.82, 2.24) is 9.38 Å². The molecule has 3 aromatic carbocycles. The molecule has 0 atom stereocenters. The van der Waals surface area contributed by atoms with Gasteiger partial charge in [0.15, 0.2) is 0 Å². The van der Waals surface area contributed by atoms with Gasteiger partial charge in [-0.3, -0.25) is 4.40 Å². The Morgan fingerprint density at radius 2 is 1.25 bits per heavy atom. The van der Waals surface area contributed by atoms with Gasteiger partial charge in [-0.05, 0) is 21.8 Å². The van der Waals surface area contributed by atoms with Crippen molar-refractivity contribution in [2.75, 3.05) is 0 Å². The van der Waals surface area contributed by atoms with Gasteiger partial charge in [-0.25, -0.2) is 4.98 Å². The van der Waals surface area contributed by atoms with Crippen LogP contribution < -0.4 is 0 Å². The predicted octanol–water partition coefficient (Wildman–Crippen LogP) is 7.90. The first-order valence-electron chi connectivity index (χ1n) is 11.6. The third-order valence-corrected chi connectivity index (χ3v) is 9.03. The van der Waals surface area contributed by atoms with Crippen molar-refractivity contribution >= 4 is 27.3 Å². The molecule has 2 aromatic heterocycles. The van der Waals surface area contributed by atoms with E-state index in [2.05, 4.69) is 119 Å². The Bertz CT molecular complexity index is 1530. The molecule has 0 unspecified atom stereocenters. The molecular weight excluding hydrogens is 388 g/mol. The van der Waals surface area contributed by atoms with E-state index in [1.54, 1.807) is 0 Å². The minimum absolute atomic E-state index is 0.0288. The van der Waals surface area contributed by atoms with E-state index < -0.39 is 0 Å². The standard InChI is InChI=1S/C30H30N2/c1-28(2)23-18-12-17-21-20-15-10-11-16-22(20)27-31-24(19-13-8-7-9-14-19)26(32(27)25(21)23)29(3,4)30(28,5)6/h7-18H,1-6H3. The molecule has 6 rings (SSSR count). The van der Waals surface area contributed by atoms with Crippen LogP contribution in [0.15, 0.2) is 72.8 Å². The van der Waals surface area contributed by atoms with E-state index in [0.29, 0.717) is 0 Å². The zero-order chi connectivity index (χ0) is 22.5. The molecule has 2 nitrogen and oxygen atoms in total. The van der Waals surface area contributed by atoms with Gasteiger partial charge in [0.25, 0.3) is 0 Å². The van der Waals surface area contributed by atoms with Crippen LogP contribution in [0.1, 0.15) is 52.8 Å². The fourth-order valence-electron chi connectivity index (χ4n) is 6.02. The number of imidazole rings is 1. The van der Waals surface area contributed by atoms with Gasteiger partial charge in [-0.1, -0.05) is 114 Å². The molecule has 0 aliphatic carbocycles. The zero-order valence-electron chi connectivity index (χ0n) is 19.8. The molecule has 3 heterocycles. The van der Waals surface area contributed by atoms with Crippen LogP contribution in [0.5, 0.6) is 0 Å². The number of pyridine rings is 1. The number of para-hydroxylation sites is 1. The molecule has 5 aromatic rings. The molecule has 0 amide bonds. The number of hydrogen-bond acceptors (Lipinski definition) is 1. The van der Waals surface area contributed by atoms with E-state index in [1.165, 1.54) is 38.5 Å². The lowest BCUT2D eigenvalue weighted by Gasteiger charge is -2.51. The van der Waals surface area contributed by atoms with Crippen molar-refractivity contribution in [3.63, 3.8) is 0 Å². The second kappa shape index (κ2) is 6.01. The number of hydrogen-bond donors (Lipinski definition) is 0. The Balaban J connectivity index is 1.98. The molecule has 0 spiro atoms. The molecule has 0 saturated carbocycles. The van der Waals surface area contributed by atoms with E-state index in [0.717, 1.165) is 11.3 Å². The van der Waals surface area contributed by atoms with Gasteiger partial charge < -0.3 is 0 Å². The smallest absolute Gasteiger partial charge is 0.146 e.